The molecule has 0 unspecified atom stereocenters. The Balaban J connectivity index is 0.949. The van der Waals surface area contributed by atoms with Crippen molar-refractivity contribution in [2.75, 3.05) is 0 Å². The first-order valence-electron chi connectivity index (χ1n) is 26.6. The molecular formula is C72H42N2S2Si. The molecule has 2 aliphatic heterocycles. The molecule has 0 amide bonds. The molecule has 12 aromatic carbocycles. The first kappa shape index (κ1) is 42.2. The normalized spacial score (nSPS) is 13.3. The Morgan fingerprint density at radius 1 is 0.234 bits per heavy atom. The zero-order chi connectivity index (χ0) is 50.1. The summed E-state index contributed by atoms with van der Waals surface area (Å²) in [5.74, 6) is 0. The smallest absolute Gasteiger partial charge is 0.182 e. The molecule has 0 atom stereocenters. The molecule has 0 aliphatic carbocycles. The van der Waals surface area contributed by atoms with Crippen molar-refractivity contribution in [1.29, 1.82) is 0 Å². The van der Waals surface area contributed by atoms with E-state index in [2.05, 4.69) is 264 Å². The van der Waals surface area contributed by atoms with Crippen LogP contribution >= 0.6 is 22.7 Å². The highest BCUT2D eigenvalue weighted by Gasteiger charge is 2.50. The number of nitrogens with zero attached hydrogens (tertiary/aromatic N) is 2. The fourth-order valence-electron chi connectivity index (χ4n) is 14.3. The summed E-state index contributed by atoms with van der Waals surface area (Å²) in [5.41, 5.74) is 17.7. The van der Waals surface area contributed by atoms with Crippen molar-refractivity contribution in [1.82, 2.24) is 9.13 Å². The second-order valence-corrected chi connectivity index (χ2v) is 26.7. The third kappa shape index (κ3) is 5.47. The van der Waals surface area contributed by atoms with Gasteiger partial charge in [-0.25, -0.2) is 0 Å². The van der Waals surface area contributed by atoms with Gasteiger partial charge in [0.2, 0.25) is 0 Å². The molecule has 0 radical (unpaired) electrons. The van der Waals surface area contributed by atoms with E-state index in [0.717, 1.165) is 0 Å². The van der Waals surface area contributed by atoms with E-state index < -0.39 is 8.07 Å². The molecule has 18 rings (SSSR count). The van der Waals surface area contributed by atoms with Crippen LogP contribution in [-0.4, -0.2) is 17.2 Å². The van der Waals surface area contributed by atoms with Crippen molar-refractivity contribution in [3.8, 4) is 55.9 Å². The molecule has 16 aromatic rings. The number of hydrogen-bond acceptors (Lipinski definition) is 2. The van der Waals surface area contributed by atoms with Crippen LogP contribution in [0.25, 0.3) is 140 Å². The molecular weight excluding hydrogens is 985 g/mol. The van der Waals surface area contributed by atoms with Gasteiger partial charge in [-0.2, -0.15) is 0 Å². The quantitative estimate of drug-likeness (QED) is 0.153. The van der Waals surface area contributed by atoms with E-state index in [-0.39, 0.29) is 0 Å². The fourth-order valence-corrected chi connectivity index (χ4v) is 22.3. The molecule has 0 N–H and O–H groups in total. The van der Waals surface area contributed by atoms with Crippen LogP contribution in [0.2, 0.25) is 0 Å². The first-order chi connectivity index (χ1) is 38.2. The minimum Gasteiger partial charge on any atom is -0.308 e. The maximum atomic E-state index is 2.56. The average Bonchev–Trinajstić information content (AvgIpc) is 4.25. The number of aromatic nitrogens is 2. The summed E-state index contributed by atoms with van der Waals surface area (Å²) >= 11 is 3.80. The van der Waals surface area contributed by atoms with Crippen LogP contribution in [-0.2, 0) is 0 Å². The van der Waals surface area contributed by atoms with E-state index in [1.54, 1.807) is 0 Å². The molecule has 0 fully saturated rings. The van der Waals surface area contributed by atoms with Crippen molar-refractivity contribution in [3.05, 3.63) is 255 Å². The lowest BCUT2D eigenvalue weighted by Gasteiger charge is -2.37. The zero-order valence-corrected chi connectivity index (χ0v) is 44.1. The van der Waals surface area contributed by atoms with Gasteiger partial charge in [0.25, 0.3) is 0 Å². The van der Waals surface area contributed by atoms with E-state index in [1.807, 2.05) is 22.7 Å². The highest BCUT2D eigenvalue weighted by molar-refractivity contribution is 7.26. The second kappa shape index (κ2) is 15.5. The fraction of sp³-hybridized carbons (Fsp3) is 0. The number of rotatable bonds is 2. The van der Waals surface area contributed by atoms with Crippen LogP contribution < -0.4 is 20.7 Å². The molecule has 0 bridgehead atoms. The van der Waals surface area contributed by atoms with Crippen molar-refractivity contribution >= 4 is 135 Å². The van der Waals surface area contributed by atoms with Gasteiger partial charge in [0.05, 0.1) is 42.8 Å². The zero-order valence-electron chi connectivity index (χ0n) is 41.5. The monoisotopic (exact) mass is 1030 g/mol. The summed E-state index contributed by atoms with van der Waals surface area (Å²) in [4.78, 5) is 0. The van der Waals surface area contributed by atoms with Crippen LogP contribution in [0.15, 0.2) is 255 Å². The van der Waals surface area contributed by atoms with Gasteiger partial charge in [-0.3, -0.25) is 0 Å². The van der Waals surface area contributed by atoms with Crippen molar-refractivity contribution in [2.45, 2.75) is 0 Å². The molecule has 1 spiro atoms. The third-order valence-corrected chi connectivity index (χ3v) is 24.8. The van der Waals surface area contributed by atoms with Crippen molar-refractivity contribution < 1.29 is 0 Å². The van der Waals surface area contributed by atoms with Crippen LogP contribution in [0.3, 0.4) is 0 Å². The maximum Gasteiger partial charge on any atom is 0.182 e. The molecule has 0 saturated heterocycles. The van der Waals surface area contributed by atoms with Gasteiger partial charge in [-0.05, 0) is 126 Å². The molecule has 2 aliphatic rings. The predicted octanol–water partition coefficient (Wildman–Crippen LogP) is 17.3. The molecule has 356 valence electrons. The Bertz CT molecular complexity index is 4930. The molecule has 4 aromatic heterocycles. The highest BCUT2D eigenvalue weighted by atomic mass is 32.1. The Morgan fingerprint density at radius 3 is 0.974 bits per heavy atom. The van der Waals surface area contributed by atoms with Gasteiger partial charge < -0.3 is 9.13 Å². The van der Waals surface area contributed by atoms with E-state index in [0.29, 0.717) is 0 Å². The van der Waals surface area contributed by atoms with Crippen LogP contribution in [0.4, 0.5) is 0 Å². The standard InChI is InChI=1S/C72H42N2S2Si/c1-9-29-59-43(19-1)57-39-53-47-23-5-13-35-67(47)77(69-37-15-7-25-49(69)55(53)41-63(57)73(59)61-31-17-27-51-45-21-3-11-33-65(45)75-71(51)61)68-36-14-6-24-48(68)54-40-58-44-20-2-10-30-60(44)74(64(58)42-56(54)50-26-8-16-38-70(50)77)62-32-18-28-52-46-22-4-12-34-66(46)76-72(52)62/h1-42H. The number of benzene rings is 12. The van der Waals surface area contributed by atoms with Crippen molar-refractivity contribution in [3.63, 3.8) is 0 Å². The second-order valence-electron chi connectivity index (χ2n) is 21.0. The summed E-state index contributed by atoms with van der Waals surface area (Å²) in [7, 11) is -3.24. The molecule has 0 saturated carbocycles. The summed E-state index contributed by atoms with van der Waals surface area (Å²) in [6, 6.07) is 97.8. The van der Waals surface area contributed by atoms with E-state index >= 15 is 0 Å². The topological polar surface area (TPSA) is 9.86 Å². The van der Waals surface area contributed by atoms with Gasteiger partial charge in [0.1, 0.15) is 0 Å². The maximum absolute atomic E-state index is 3.24. The highest BCUT2D eigenvalue weighted by Crippen LogP contribution is 2.49. The summed E-state index contributed by atoms with van der Waals surface area (Å²) < 4.78 is 10.4. The molecule has 5 heteroatoms. The Labute approximate surface area is 452 Å². The number of fused-ring (bicyclic) bond motifs is 26. The van der Waals surface area contributed by atoms with Crippen LogP contribution in [0.1, 0.15) is 0 Å². The lowest BCUT2D eigenvalue weighted by Crippen LogP contribution is -2.75. The molecule has 2 nitrogen and oxygen atoms in total. The number of thiophene rings is 2. The summed E-state index contributed by atoms with van der Waals surface area (Å²) in [6.45, 7) is 0. The van der Waals surface area contributed by atoms with E-state index in [9.17, 15) is 0 Å². The number of hydrogen-bond donors (Lipinski definition) is 0. The Kier molecular flexibility index (Phi) is 8.49. The van der Waals surface area contributed by atoms with E-state index in [1.165, 1.54) is 161 Å². The molecule has 6 heterocycles. The first-order valence-corrected chi connectivity index (χ1v) is 30.2. The lowest BCUT2D eigenvalue weighted by molar-refractivity contribution is 1.20. The third-order valence-electron chi connectivity index (χ3n) is 17.4. The van der Waals surface area contributed by atoms with E-state index in [4.69, 9.17) is 0 Å². The average molecular weight is 1030 g/mol. The minimum absolute atomic E-state index is 1.22. The summed E-state index contributed by atoms with van der Waals surface area (Å²) in [6.07, 6.45) is 0. The SMILES string of the molecule is c1ccc2c(c1)-c1cc3c4ccccc4n(-c4cccc5c4sc4ccccc45)c3cc1-c1ccccc1[Si]21c2ccccc2-c2cc3c4ccccc4n(-c4cccc5c4sc4ccccc45)c3cc2-c2ccccc21. The van der Waals surface area contributed by atoms with Gasteiger partial charge in [-0.1, -0.05) is 194 Å². The van der Waals surface area contributed by atoms with Gasteiger partial charge in [0.15, 0.2) is 8.07 Å². The largest absolute Gasteiger partial charge is 0.308 e. The van der Waals surface area contributed by atoms with Crippen LogP contribution in [0.5, 0.6) is 0 Å². The van der Waals surface area contributed by atoms with Crippen molar-refractivity contribution in [2.24, 2.45) is 0 Å². The minimum atomic E-state index is -3.24. The lowest BCUT2D eigenvalue weighted by atomic mass is 9.92. The van der Waals surface area contributed by atoms with Gasteiger partial charge in [0, 0.05) is 52.5 Å². The Morgan fingerprint density at radius 2 is 0.558 bits per heavy atom. The van der Waals surface area contributed by atoms with Crippen LogP contribution in [0, 0.1) is 0 Å². The summed E-state index contributed by atoms with van der Waals surface area (Å²) in [5, 5.41) is 16.0. The van der Waals surface area contributed by atoms with Gasteiger partial charge >= 0.3 is 0 Å². The number of para-hydroxylation sites is 2. The predicted molar refractivity (Wildman–Crippen MR) is 333 cm³/mol. The van der Waals surface area contributed by atoms with Gasteiger partial charge in [-0.15, -0.1) is 22.7 Å². The molecule has 77 heavy (non-hydrogen) atoms. The Hall–Kier alpha value is -9.10.